The number of para-hydroxylation sites is 1. The molecule has 0 saturated carbocycles. The van der Waals surface area contributed by atoms with Gasteiger partial charge in [-0.1, -0.05) is 35.1 Å². The van der Waals surface area contributed by atoms with E-state index >= 15 is 0 Å². The highest BCUT2D eigenvalue weighted by molar-refractivity contribution is 7.98. The van der Waals surface area contributed by atoms with Crippen molar-refractivity contribution in [2.24, 2.45) is 0 Å². The highest BCUT2D eigenvalue weighted by Gasteiger charge is 2.15. The Morgan fingerprint density at radius 1 is 1.03 bits per heavy atom. The molecule has 5 aromatic rings. The third-order valence-corrected chi connectivity index (χ3v) is 5.39. The molecule has 0 atom stereocenters. The maximum absolute atomic E-state index is 13.1. The molecule has 4 heterocycles. The maximum atomic E-state index is 13.1. The first-order chi connectivity index (χ1) is 14.8. The van der Waals surface area contributed by atoms with Gasteiger partial charge in [-0.2, -0.15) is 4.98 Å². The number of benzene rings is 1. The first-order valence-corrected chi connectivity index (χ1v) is 10.1. The van der Waals surface area contributed by atoms with Gasteiger partial charge in [-0.25, -0.2) is 4.98 Å². The molecular formula is C21H15N5O3S. The summed E-state index contributed by atoms with van der Waals surface area (Å²) in [6.07, 6.45) is 4.99. The molecule has 0 bridgehead atoms. The van der Waals surface area contributed by atoms with Crippen LogP contribution in [0.4, 0.5) is 0 Å². The monoisotopic (exact) mass is 417 g/mol. The van der Waals surface area contributed by atoms with Crippen LogP contribution >= 0.6 is 11.8 Å². The summed E-state index contributed by atoms with van der Waals surface area (Å²) in [4.78, 5) is 26.3. The molecule has 30 heavy (non-hydrogen) atoms. The molecule has 0 amide bonds. The summed E-state index contributed by atoms with van der Waals surface area (Å²) in [6, 6.07) is 14.6. The SMILES string of the molecule is O=c1c2ccccc2nc(SCc2nc(-c3ccco3)no2)n1Cc1cccnc1. The van der Waals surface area contributed by atoms with Crippen LogP contribution in [0.2, 0.25) is 0 Å². The van der Waals surface area contributed by atoms with Crippen LogP contribution in [0.5, 0.6) is 0 Å². The second-order valence-corrected chi connectivity index (χ2v) is 7.38. The lowest BCUT2D eigenvalue weighted by molar-refractivity contribution is 0.390. The molecule has 0 fully saturated rings. The Morgan fingerprint density at radius 3 is 2.80 bits per heavy atom. The summed E-state index contributed by atoms with van der Waals surface area (Å²) >= 11 is 1.36. The molecule has 0 saturated heterocycles. The van der Waals surface area contributed by atoms with Gasteiger partial charge in [0.25, 0.3) is 5.56 Å². The molecule has 0 aliphatic rings. The summed E-state index contributed by atoms with van der Waals surface area (Å²) in [5, 5.41) is 5.08. The van der Waals surface area contributed by atoms with Gasteiger partial charge in [0.1, 0.15) is 0 Å². The summed E-state index contributed by atoms with van der Waals surface area (Å²) in [5.41, 5.74) is 1.46. The van der Waals surface area contributed by atoms with Gasteiger partial charge in [0.05, 0.1) is 29.5 Å². The average Bonchev–Trinajstić information content (AvgIpc) is 3.47. The highest BCUT2D eigenvalue weighted by Crippen LogP contribution is 2.24. The molecule has 8 nitrogen and oxygen atoms in total. The van der Waals surface area contributed by atoms with Crippen LogP contribution in [0.3, 0.4) is 0 Å². The number of hydrogen-bond acceptors (Lipinski definition) is 8. The van der Waals surface area contributed by atoms with Gasteiger partial charge >= 0.3 is 0 Å². The Bertz CT molecular complexity index is 1350. The summed E-state index contributed by atoms with van der Waals surface area (Å²) < 4.78 is 12.3. The topological polar surface area (TPSA) is 99.8 Å². The van der Waals surface area contributed by atoms with E-state index in [2.05, 4.69) is 15.1 Å². The number of rotatable bonds is 6. The van der Waals surface area contributed by atoms with Crippen molar-refractivity contribution < 1.29 is 8.94 Å². The zero-order valence-electron chi connectivity index (χ0n) is 15.6. The molecule has 0 spiro atoms. The van der Waals surface area contributed by atoms with E-state index in [-0.39, 0.29) is 5.56 Å². The van der Waals surface area contributed by atoms with Gasteiger partial charge in [0, 0.05) is 12.4 Å². The molecular weight excluding hydrogens is 402 g/mol. The molecule has 9 heteroatoms. The molecule has 0 radical (unpaired) electrons. The van der Waals surface area contributed by atoms with E-state index in [0.29, 0.717) is 45.8 Å². The van der Waals surface area contributed by atoms with E-state index in [4.69, 9.17) is 13.9 Å². The predicted molar refractivity (Wildman–Crippen MR) is 111 cm³/mol. The van der Waals surface area contributed by atoms with Crippen molar-refractivity contribution in [2.45, 2.75) is 17.5 Å². The molecule has 1 aromatic carbocycles. The van der Waals surface area contributed by atoms with Crippen molar-refractivity contribution in [2.75, 3.05) is 0 Å². The Labute approximate surface area is 174 Å². The standard InChI is InChI=1S/C21H15N5O3S/c27-20-15-6-1-2-7-16(15)23-21(26(20)12-14-5-3-9-22-11-14)30-13-18-24-19(25-29-18)17-8-4-10-28-17/h1-11H,12-13H2. The zero-order chi connectivity index (χ0) is 20.3. The van der Waals surface area contributed by atoms with Gasteiger partial charge < -0.3 is 8.94 Å². The van der Waals surface area contributed by atoms with E-state index in [1.54, 1.807) is 41.4 Å². The van der Waals surface area contributed by atoms with Crippen molar-refractivity contribution in [3.8, 4) is 11.6 Å². The Balaban J connectivity index is 1.48. The number of furan rings is 1. The van der Waals surface area contributed by atoms with Gasteiger partial charge in [-0.05, 0) is 35.9 Å². The number of fused-ring (bicyclic) bond motifs is 1. The highest BCUT2D eigenvalue weighted by atomic mass is 32.2. The number of pyridine rings is 1. The van der Waals surface area contributed by atoms with Crippen LogP contribution in [-0.2, 0) is 12.3 Å². The van der Waals surface area contributed by atoms with Crippen LogP contribution < -0.4 is 5.56 Å². The maximum Gasteiger partial charge on any atom is 0.262 e. The van der Waals surface area contributed by atoms with Gasteiger partial charge in [-0.3, -0.25) is 14.3 Å². The lowest BCUT2D eigenvalue weighted by atomic mass is 10.2. The molecule has 148 valence electrons. The van der Waals surface area contributed by atoms with E-state index in [9.17, 15) is 4.79 Å². The van der Waals surface area contributed by atoms with E-state index < -0.39 is 0 Å². The summed E-state index contributed by atoms with van der Waals surface area (Å²) in [5.74, 6) is 1.70. The Kier molecular flexibility index (Phi) is 4.86. The number of aromatic nitrogens is 5. The quantitative estimate of drug-likeness (QED) is 0.304. The fourth-order valence-corrected chi connectivity index (χ4v) is 3.85. The van der Waals surface area contributed by atoms with E-state index in [1.165, 1.54) is 11.8 Å². The minimum atomic E-state index is -0.103. The molecule has 0 unspecified atom stereocenters. The minimum absolute atomic E-state index is 0.103. The lowest BCUT2D eigenvalue weighted by Gasteiger charge is -2.12. The average molecular weight is 417 g/mol. The van der Waals surface area contributed by atoms with Crippen molar-refractivity contribution in [3.05, 3.63) is 89.0 Å². The number of hydrogen-bond donors (Lipinski definition) is 0. The van der Waals surface area contributed by atoms with Crippen LogP contribution in [0.25, 0.3) is 22.5 Å². The van der Waals surface area contributed by atoms with Gasteiger partial charge in [-0.15, -0.1) is 0 Å². The van der Waals surface area contributed by atoms with Crippen molar-refractivity contribution >= 4 is 22.7 Å². The van der Waals surface area contributed by atoms with Crippen molar-refractivity contribution in [1.82, 2.24) is 24.7 Å². The smallest absolute Gasteiger partial charge is 0.262 e. The lowest BCUT2D eigenvalue weighted by Crippen LogP contribution is -2.24. The third kappa shape index (κ3) is 3.62. The molecule has 4 aromatic heterocycles. The first-order valence-electron chi connectivity index (χ1n) is 9.16. The predicted octanol–water partition coefficient (Wildman–Crippen LogP) is 3.78. The van der Waals surface area contributed by atoms with E-state index in [0.717, 1.165) is 5.56 Å². The summed E-state index contributed by atoms with van der Waals surface area (Å²) in [7, 11) is 0. The number of nitrogens with zero attached hydrogens (tertiary/aromatic N) is 5. The molecule has 0 aliphatic carbocycles. The second kappa shape index (κ2) is 7.96. The Morgan fingerprint density at radius 2 is 1.97 bits per heavy atom. The molecule has 0 N–H and O–H groups in total. The summed E-state index contributed by atoms with van der Waals surface area (Å²) in [6.45, 7) is 0.369. The van der Waals surface area contributed by atoms with Crippen LogP contribution in [0, 0.1) is 0 Å². The van der Waals surface area contributed by atoms with Crippen LogP contribution in [0.1, 0.15) is 11.5 Å². The second-order valence-electron chi connectivity index (χ2n) is 6.44. The fraction of sp³-hybridized carbons (Fsp3) is 0.0952. The minimum Gasteiger partial charge on any atom is -0.461 e. The normalized spacial score (nSPS) is 11.2. The fourth-order valence-electron chi connectivity index (χ4n) is 3.02. The van der Waals surface area contributed by atoms with Crippen LogP contribution in [-0.4, -0.2) is 24.7 Å². The van der Waals surface area contributed by atoms with Crippen LogP contribution in [0.15, 0.2) is 86.1 Å². The third-order valence-electron chi connectivity index (χ3n) is 4.42. The van der Waals surface area contributed by atoms with E-state index in [1.807, 2.05) is 30.3 Å². The molecule has 0 aliphatic heterocycles. The molecule has 5 rings (SSSR count). The largest absolute Gasteiger partial charge is 0.461 e. The van der Waals surface area contributed by atoms with Gasteiger partial charge in [0.2, 0.25) is 11.7 Å². The zero-order valence-corrected chi connectivity index (χ0v) is 16.5. The Hall–Kier alpha value is -3.72. The number of thioether (sulfide) groups is 1. The van der Waals surface area contributed by atoms with Crippen molar-refractivity contribution in [1.29, 1.82) is 0 Å². The van der Waals surface area contributed by atoms with Gasteiger partial charge in [0.15, 0.2) is 10.9 Å². The van der Waals surface area contributed by atoms with Crippen molar-refractivity contribution in [3.63, 3.8) is 0 Å². The first kappa shape index (κ1) is 18.3.